The number of nitrogens with one attached hydrogen (secondary N) is 1. The molecule has 0 aliphatic carbocycles. The summed E-state index contributed by atoms with van der Waals surface area (Å²) in [6.07, 6.45) is 0.535. The van der Waals surface area contributed by atoms with E-state index in [9.17, 15) is 4.79 Å². The Morgan fingerprint density at radius 1 is 1.50 bits per heavy atom. The van der Waals surface area contributed by atoms with Crippen LogP contribution in [0.1, 0.15) is 25.1 Å². The van der Waals surface area contributed by atoms with Crippen LogP contribution in [0.15, 0.2) is 17.5 Å². The highest BCUT2D eigenvalue weighted by Crippen LogP contribution is 2.32. The minimum atomic E-state index is 0.0384. The fourth-order valence-electron chi connectivity index (χ4n) is 1.63. The Bertz CT molecular complexity index is 529. The summed E-state index contributed by atoms with van der Waals surface area (Å²) in [4.78, 5) is 18.5. The molecule has 1 amide bonds. The fraction of sp³-hybridized carbons (Fsp3) is 0.385. The van der Waals surface area contributed by atoms with Gasteiger partial charge in [-0.3, -0.25) is 4.79 Å². The van der Waals surface area contributed by atoms with Crippen LogP contribution in [0.5, 0.6) is 0 Å². The summed E-state index contributed by atoms with van der Waals surface area (Å²) in [7, 11) is 0. The normalized spacial score (nSPS) is 10.9. The van der Waals surface area contributed by atoms with E-state index in [4.69, 9.17) is 0 Å². The van der Waals surface area contributed by atoms with E-state index >= 15 is 0 Å². The molecule has 0 saturated heterocycles. The van der Waals surface area contributed by atoms with Gasteiger partial charge >= 0.3 is 0 Å². The zero-order valence-electron chi connectivity index (χ0n) is 10.7. The predicted octanol–water partition coefficient (Wildman–Crippen LogP) is 4.16. The molecule has 2 aromatic rings. The Labute approximate surface area is 115 Å². The first-order valence-corrected chi connectivity index (χ1v) is 7.57. The number of rotatable bonds is 4. The largest absolute Gasteiger partial charge is 0.302 e. The molecule has 0 aliphatic rings. The number of carbonyl (C=O) groups excluding carboxylic acids is 1. The molecule has 0 aliphatic heterocycles. The number of aromatic nitrogens is 1. The number of hydrogen-bond acceptors (Lipinski definition) is 4. The maximum atomic E-state index is 11.7. The maximum Gasteiger partial charge on any atom is 0.226 e. The van der Waals surface area contributed by atoms with E-state index in [2.05, 4.69) is 10.3 Å². The first kappa shape index (κ1) is 13.2. The molecule has 2 rings (SSSR count). The molecule has 3 nitrogen and oxygen atoms in total. The third-order valence-electron chi connectivity index (χ3n) is 2.39. The molecule has 18 heavy (non-hydrogen) atoms. The highest BCUT2D eigenvalue weighted by molar-refractivity contribution is 7.17. The summed E-state index contributed by atoms with van der Waals surface area (Å²) < 4.78 is 0. The van der Waals surface area contributed by atoms with E-state index < -0.39 is 0 Å². The van der Waals surface area contributed by atoms with Crippen molar-refractivity contribution >= 4 is 33.7 Å². The molecule has 0 spiro atoms. The minimum Gasteiger partial charge on any atom is -0.302 e. The van der Waals surface area contributed by atoms with Gasteiger partial charge in [0.1, 0.15) is 0 Å². The lowest BCUT2D eigenvalue weighted by Crippen LogP contribution is -2.13. The Morgan fingerprint density at radius 3 is 2.89 bits per heavy atom. The molecule has 0 aromatic carbocycles. The average Bonchev–Trinajstić information content (AvgIpc) is 2.85. The monoisotopic (exact) mass is 280 g/mol. The molecular weight excluding hydrogens is 264 g/mol. The lowest BCUT2D eigenvalue weighted by molar-refractivity contribution is -0.116. The molecule has 2 aromatic heterocycles. The number of anilines is 1. The molecule has 0 atom stereocenters. The average molecular weight is 280 g/mol. The number of hydrogen-bond donors (Lipinski definition) is 1. The van der Waals surface area contributed by atoms with Crippen molar-refractivity contribution < 1.29 is 4.79 Å². The summed E-state index contributed by atoms with van der Waals surface area (Å²) in [6, 6.07) is 4.06. The van der Waals surface area contributed by atoms with Crippen molar-refractivity contribution in [3.05, 3.63) is 22.4 Å². The van der Waals surface area contributed by atoms with Crippen LogP contribution in [0.25, 0.3) is 10.6 Å². The SMILES string of the molecule is Cc1sc(NC(=O)CC(C)C)nc1-c1cccs1. The van der Waals surface area contributed by atoms with Gasteiger partial charge in [0.05, 0.1) is 10.6 Å². The Balaban J connectivity index is 2.12. The lowest BCUT2D eigenvalue weighted by atomic mass is 10.1. The summed E-state index contributed by atoms with van der Waals surface area (Å²) >= 11 is 3.20. The van der Waals surface area contributed by atoms with E-state index in [1.165, 1.54) is 11.3 Å². The highest BCUT2D eigenvalue weighted by Gasteiger charge is 2.13. The molecule has 0 fully saturated rings. The number of amides is 1. The molecule has 0 unspecified atom stereocenters. The number of thiophene rings is 1. The van der Waals surface area contributed by atoms with Gasteiger partial charge in [0, 0.05) is 11.3 Å². The molecule has 0 radical (unpaired) electrons. The molecule has 1 N–H and O–H groups in total. The quantitative estimate of drug-likeness (QED) is 0.913. The van der Waals surface area contributed by atoms with Crippen molar-refractivity contribution in [3.8, 4) is 10.6 Å². The molecule has 0 bridgehead atoms. The number of carbonyl (C=O) groups is 1. The van der Waals surface area contributed by atoms with Gasteiger partial charge in [-0.05, 0) is 24.3 Å². The van der Waals surface area contributed by atoms with Gasteiger partial charge in [0.2, 0.25) is 5.91 Å². The molecule has 96 valence electrons. The second kappa shape index (κ2) is 5.63. The predicted molar refractivity (Wildman–Crippen MR) is 78.2 cm³/mol. The van der Waals surface area contributed by atoms with Crippen molar-refractivity contribution in [2.75, 3.05) is 5.32 Å². The van der Waals surface area contributed by atoms with Crippen LogP contribution in [0.4, 0.5) is 5.13 Å². The summed E-state index contributed by atoms with van der Waals surface area (Å²) in [6.45, 7) is 6.10. The standard InChI is InChI=1S/C13H16N2OS2/c1-8(2)7-11(16)14-13-15-12(9(3)18-13)10-5-4-6-17-10/h4-6,8H,7H2,1-3H3,(H,14,15,16). The molecule has 5 heteroatoms. The van der Waals surface area contributed by atoms with Crippen LogP contribution in [0.2, 0.25) is 0 Å². The topological polar surface area (TPSA) is 42.0 Å². The maximum absolute atomic E-state index is 11.7. The molecular formula is C13H16N2OS2. The highest BCUT2D eigenvalue weighted by atomic mass is 32.1. The van der Waals surface area contributed by atoms with E-state index in [1.54, 1.807) is 11.3 Å². The van der Waals surface area contributed by atoms with Gasteiger partial charge in [-0.2, -0.15) is 0 Å². The van der Waals surface area contributed by atoms with E-state index in [1.807, 2.05) is 38.3 Å². The van der Waals surface area contributed by atoms with Crippen LogP contribution >= 0.6 is 22.7 Å². The lowest BCUT2D eigenvalue weighted by Gasteiger charge is -2.03. The number of aryl methyl sites for hydroxylation is 1. The second-order valence-corrected chi connectivity index (χ2v) is 6.70. The van der Waals surface area contributed by atoms with Crippen LogP contribution in [-0.2, 0) is 4.79 Å². The van der Waals surface area contributed by atoms with Crippen molar-refractivity contribution in [1.29, 1.82) is 0 Å². The molecule has 2 heterocycles. The van der Waals surface area contributed by atoms with Gasteiger partial charge in [0.15, 0.2) is 5.13 Å². The fourth-order valence-corrected chi connectivity index (χ4v) is 3.31. The Hall–Kier alpha value is -1.20. The zero-order valence-corrected chi connectivity index (χ0v) is 12.3. The van der Waals surface area contributed by atoms with E-state index in [0.717, 1.165) is 15.4 Å². The minimum absolute atomic E-state index is 0.0384. The van der Waals surface area contributed by atoms with Gasteiger partial charge in [-0.25, -0.2) is 4.98 Å². The van der Waals surface area contributed by atoms with E-state index in [0.29, 0.717) is 17.5 Å². The summed E-state index contributed by atoms with van der Waals surface area (Å²) in [5.41, 5.74) is 0.981. The van der Waals surface area contributed by atoms with Crippen molar-refractivity contribution in [2.24, 2.45) is 5.92 Å². The van der Waals surface area contributed by atoms with Gasteiger partial charge in [-0.15, -0.1) is 22.7 Å². The zero-order chi connectivity index (χ0) is 13.1. The number of nitrogens with zero attached hydrogens (tertiary/aromatic N) is 1. The first-order chi connectivity index (χ1) is 8.56. The van der Waals surface area contributed by atoms with Gasteiger partial charge in [-0.1, -0.05) is 19.9 Å². The van der Waals surface area contributed by atoms with E-state index in [-0.39, 0.29) is 5.91 Å². The van der Waals surface area contributed by atoms with Crippen LogP contribution in [-0.4, -0.2) is 10.9 Å². The van der Waals surface area contributed by atoms with Crippen LogP contribution < -0.4 is 5.32 Å². The van der Waals surface area contributed by atoms with Gasteiger partial charge < -0.3 is 5.32 Å². The third kappa shape index (κ3) is 3.17. The summed E-state index contributed by atoms with van der Waals surface area (Å²) in [5, 5.41) is 5.60. The van der Waals surface area contributed by atoms with Crippen LogP contribution in [0.3, 0.4) is 0 Å². The summed E-state index contributed by atoms with van der Waals surface area (Å²) in [5.74, 6) is 0.402. The van der Waals surface area contributed by atoms with Crippen LogP contribution in [0, 0.1) is 12.8 Å². The first-order valence-electron chi connectivity index (χ1n) is 5.87. The Morgan fingerprint density at radius 2 is 2.28 bits per heavy atom. The smallest absolute Gasteiger partial charge is 0.226 e. The number of thiazole rings is 1. The van der Waals surface area contributed by atoms with Crippen molar-refractivity contribution in [2.45, 2.75) is 27.2 Å². The van der Waals surface area contributed by atoms with Crippen molar-refractivity contribution in [3.63, 3.8) is 0 Å². The molecule has 0 saturated carbocycles. The Kier molecular flexibility index (Phi) is 4.14. The van der Waals surface area contributed by atoms with Crippen molar-refractivity contribution in [1.82, 2.24) is 4.98 Å². The van der Waals surface area contributed by atoms with Gasteiger partial charge in [0.25, 0.3) is 0 Å². The third-order valence-corrected chi connectivity index (χ3v) is 4.15. The second-order valence-electron chi connectivity index (χ2n) is 4.55.